The predicted octanol–water partition coefficient (Wildman–Crippen LogP) is 4.11. The van der Waals surface area contributed by atoms with Gasteiger partial charge in [0, 0.05) is 43.8 Å². The Morgan fingerprint density at radius 1 is 0.867 bits per heavy atom. The number of rotatable bonds is 6. The molecule has 0 amide bonds. The molecule has 1 aliphatic heterocycles. The number of carbonyl (C=O) groups is 1. The number of nitrogens with zero attached hydrogens (tertiary/aromatic N) is 2. The van der Waals surface area contributed by atoms with Gasteiger partial charge in [0.2, 0.25) is 0 Å². The van der Waals surface area contributed by atoms with E-state index in [0.717, 1.165) is 26.2 Å². The monoisotopic (exact) mass is 402 g/mol. The Balaban J connectivity index is 1.39. The molecule has 0 spiro atoms. The Kier molecular flexibility index (Phi) is 6.28. The van der Waals surface area contributed by atoms with Crippen LogP contribution in [0.3, 0.4) is 0 Å². The van der Waals surface area contributed by atoms with Gasteiger partial charge < -0.3 is 5.11 Å². The third-order valence-electron chi connectivity index (χ3n) is 6.18. The van der Waals surface area contributed by atoms with Gasteiger partial charge >= 0.3 is 0 Å². The highest BCUT2D eigenvalue weighted by Crippen LogP contribution is 2.22. The summed E-state index contributed by atoms with van der Waals surface area (Å²) in [5.74, 6) is -0.231. The van der Waals surface area contributed by atoms with Crippen LogP contribution in [0.1, 0.15) is 35.3 Å². The molecule has 0 bridgehead atoms. The molecular weight excluding hydrogens is 372 g/mol. The minimum atomic E-state index is -0.438. The van der Waals surface area contributed by atoms with E-state index in [1.165, 1.54) is 21.9 Å². The molecule has 30 heavy (non-hydrogen) atoms. The lowest BCUT2D eigenvalue weighted by Gasteiger charge is -2.44. The number of aliphatic hydroxyl groups is 1. The van der Waals surface area contributed by atoms with Crippen molar-refractivity contribution in [2.75, 3.05) is 19.7 Å². The third-order valence-corrected chi connectivity index (χ3v) is 6.18. The van der Waals surface area contributed by atoms with Crippen molar-refractivity contribution in [1.29, 1.82) is 0 Å². The third kappa shape index (κ3) is 4.62. The fourth-order valence-electron chi connectivity index (χ4n) is 4.60. The molecule has 1 aliphatic rings. The Morgan fingerprint density at radius 3 is 2.17 bits per heavy atom. The van der Waals surface area contributed by atoms with Gasteiger partial charge in [0.25, 0.3) is 0 Å². The molecule has 3 aromatic rings. The molecule has 3 aromatic carbocycles. The fraction of sp³-hybridized carbons (Fsp3) is 0.346. The molecule has 0 unspecified atom stereocenters. The average molecular weight is 403 g/mol. The highest BCUT2D eigenvalue weighted by atomic mass is 16.3. The zero-order chi connectivity index (χ0) is 21.1. The van der Waals surface area contributed by atoms with E-state index < -0.39 is 6.61 Å². The van der Waals surface area contributed by atoms with Crippen LogP contribution < -0.4 is 0 Å². The Hall–Kier alpha value is -2.53. The summed E-state index contributed by atoms with van der Waals surface area (Å²) in [4.78, 5) is 16.7. The molecule has 0 aliphatic carbocycles. The summed E-state index contributed by atoms with van der Waals surface area (Å²) in [6.45, 7) is 8.09. The van der Waals surface area contributed by atoms with Crippen molar-refractivity contribution in [3.05, 3.63) is 83.4 Å². The smallest absolute Gasteiger partial charge is 0.188 e. The Morgan fingerprint density at radius 2 is 1.50 bits per heavy atom. The first kappa shape index (κ1) is 20.7. The topological polar surface area (TPSA) is 43.8 Å². The van der Waals surface area contributed by atoms with Crippen molar-refractivity contribution < 1.29 is 9.90 Å². The van der Waals surface area contributed by atoms with Gasteiger partial charge in [-0.3, -0.25) is 14.6 Å². The maximum Gasteiger partial charge on any atom is 0.188 e. The molecule has 0 radical (unpaired) electrons. The summed E-state index contributed by atoms with van der Waals surface area (Å²) in [7, 11) is 0. The van der Waals surface area contributed by atoms with Crippen LogP contribution in [0.4, 0.5) is 0 Å². The van der Waals surface area contributed by atoms with Crippen LogP contribution in [-0.4, -0.2) is 52.5 Å². The molecule has 0 saturated carbocycles. The maximum absolute atomic E-state index is 11.6. The number of aliphatic hydroxyl groups excluding tert-OH is 1. The second-order valence-electron chi connectivity index (χ2n) is 8.52. The van der Waals surface area contributed by atoms with Gasteiger partial charge in [0.05, 0.1) is 0 Å². The number of hydrogen-bond donors (Lipinski definition) is 1. The van der Waals surface area contributed by atoms with Gasteiger partial charge in [-0.1, -0.05) is 60.7 Å². The fourth-order valence-corrected chi connectivity index (χ4v) is 4.60. The van der Waals surface area contributed by atoms with Crippen molar-refractivity contribution in [1.82, 2.24) is 9.80 Å². The highest BCUT2D eigenvalue weighted by Gasteiger charge is 2.29. The van der Waals surface area contributed by atoms with E-state index in [4.69, 9.17) is 5.11 Å². The predicted molar refractivity (Wildman–Crippen MR) is 122 cm³/mol. The van der Waals surface area contributed by atoms with E-state index in [1.54, 1.807) is 0 Å². The number of benzene rings is 3. The lowest BCUT2D eigenvalue weighted by Crippen LogP contribution is -2.55. The van der Waals surface area contributed by atoms with Gasteiger partial charge in [0.1, 0.15) is 6.61 Å². The SMILES string of the molecule is C[C@@H]1CN(Cc2ccc3ccccc3c2)C[C@H](C)N1Cc1ccc(C(=O)CO)cc1. The Labute approximate surface area is 178 Å². The summed E-state index contributed by atoms with van der Waals surface area (Å²) < 4.78 is 0. The first-order valence-corrected chi connectivity index (χ1v) is 10.7. The summed E-state index contributed by atoms with van der Waals surface area (Å²) >= 11 is 0. The van der Waals surface area contributed by atoms with Crippen molar-refractivity contribution in [3.63, 3.8) is 0 Å². The molecule has 4 nitrogen and oxygen atoms in total. The molecule has 1 fully saturated rings. The van der Waals surface area contributed by atoms with Crippen LogP contribution in [0.5, 0.6) is 0 Å². The quantitative estimate of drug-likeness (QED) is 0.630. The van der Waals surface area contributed by atoms with Gasteiger partial charge in [-0.05, 0) is 41.8 Å². The molecule has 1 N–H and O–H groups in total. The van der Waals surface area contributed by atoms with Gasteiger partial charge in [0.15, 0.2) is 5.78 Å². The molecule has 4 heteroatoms. The van der Waals surface area contributed by atoms with Crippen LogP contribution in [-0.2, 0) is 13.1 Å². The summed E-state index contributed by atoms with van der Waals surface area (Å²) in [5.41, 5.74) is 3.14. The van der Waals surface area contributed by atoms with Crippen molar-refractivity contribution >= 4 is 16.6 Å². The lowest BCUT2D eigenvalue weighted by molar-refractivity contribution is 0.0290. The van der Waals surface area contributed by atoms with E-state index in [1.807, 2.05) is 24.3 Å². The number of piperazine rings is 1. The second-order valence-corrected chi connectivity index (χ2v) is 8.52. The lowest BCUT2D eigenvalue weighted by atomic mass is 10.0. The van der Waals surface area contributed by atoms with Crippen molar-refractivity contribution in [3.8, 4) is 0 Å². The van der Waals surface area contributed by atoms with Crippen LogP contribution in [0.2, 0.25) is 0 Å². The Bertz CT molecular complexity index is 1000. The van der Waals surface area contributed by atoms with E-state index in [0.29, 0.717) is 17.6 Å². The van der Waals surface area contributed by atoms with Crippen LogP contribution in [0, 0.1) is 0 Å². The summed E-state index contributed by atoms with van der Waals surface area (Å²) in [5, 5.41) is 11.6. The van der Waals surface area contributed by atoms with Gasteiger partial charge in [-0.15, -0.1) is 0 Å². The summed E-state index contributed by atoms with van der Waals surface area (Å²) in [6, 6.07) is 23.9. The number of carbonyl (C=O) groups excluding carboxylic acids is 1. The molecule has 4 rings (SSSR count). The summed E-state index contributed by atoms with van der Waals surface area (Å²) in [6.07, 6.45) is 0. The maximum atomic E-state index is 11.6. The number of hydrogen-bond acceptors (Lipinski definition) is 4. The largest absolute Gasteiger partial charge is 0.388 e. The van der Waals surface area contributed by atoms with E-state index >= 15 is 0 Å². The zero-order valence-electron chi connectivity index (χ0n) is 17.8. The van der Waals surface area contributed by atoms with Gasteiger partial charge in [-0.2, -0.15) is 0 Å². The highest BCUT2D eigenvalue weighted by molar-refractivity contribution is 5.96. The van der Waals surface area contributed by atoms with Crippen molar-refractivity contribution in [2.45, 2.75) is 39.0 Å². The van der Waals surface area contributed by atoms with Crippen LogP contribution in [0.15, 0.2) is 66.7 Å². The van der Waals surface area contributed by atoms with Gasteiger partial charge in [-0.25, -0.2) is 0 Å². The second kappa shape index (κ2) is 9.09. The molecule has 1 heterocycles. The standard InChI is InChI=1S/C26H30N2O2/c1-19-14-27(16-22-9-10-23-5-3-4-6-25(23)13-22)15-20(2)28(19)17-21-7-11-24(12-8-21)26(30)18-29/h3-13,19-20,29H,14-18H2,1-2H3/t19-,20+. The average Bonchev–Trinajstić information content (AvgIpc) is 2.76. The minimum Gasteiger partial charge on any atom is -0.388 e. The first-order valence-electron chi connectivity index (χ1n) is 10.7. The molecule has 2 atom stereocenters. The van der Waals surface area contributed by atoms with Crippen molar-refractivity contribution in [2.24, 2.45) is 0 Å². The van der Waals surface area contributed by atoms with Crippen LogP contribution in [0.25, 0.3) is 10.8 Å². The minimum absolute atomic E-state index is 0.231. The number of Topliss-reactive ketones (excluding diaryl/α,β-unsaturated/α-hetero) is 1. The number of fused-ring (bicyclic) bond motifs is 1. The van der Waals surface area contributed by atoms with E-state index in [2.05, 4.69) is 66.1 Å². The van der Waals surface area contributed by atoms with E-state index in [9.17, 15) is 4.79 Å². The van der Waals surface area contributed by atoms with Crippen LogP contribution >= 0.6 is 0 Å². The first-order chi connectivity index (χ1) is 14.5. The molecule has 0 aromatic heterocycles. The normalized spacial score (nSPS) is 20.5. The number of ketones is 1. The molecular formula is C26H30N2O2. The van der Waals surface area contributed by atoms with E-state index in [-0.39, 0.29) is 5.78 Å². The zero-order valence-corrected chi connectivity index (χ0v) is 17.8. The molecule has 1 saturated heterocycles. The molecule has 156 valence electrons.